The van der Waals surface area contributed by atoms with Crippen LogP contribution < -0.4 is 4.74 Å². The molecule has 0 bridgehead atoms. The largest absolute Gasteiger partial charge is 0.493 e. The third kappa shape index (κ3) is 2.07. The summed E-state index contributed by atoms with van der Waals surface area (Å²) in [6, 6.07) is 2.19. The summed E-state index contributed by atoms with van der Waals surface area (Å²) in [5.74, 6) is -2.12. The van der Waals surface area contributed by atoms with Gasteiger partial charge in [-0.25, -0.2) is 8.78 Å². The fourth-order valence-corrected chi connectivity index (χ4v) is 0.996. The number of hydrogen-bond donors (Lipinski definition) is 0. The van der Waals surface area contributed by atoms with Crippen LogP contribution in [0.4, 0.5) is 8.78 Å². The van der Waals surface area contributed by atoms with Gasteiger partial charge in [0.2, 0.25) is 0 Å². The van der Waals surface area contributed by atoms with Gasteiger partial charge in [0.1, 0.15) is 5.75 Å². The van der Waals surface area contributed by atoms with Crippen LogP contribution in [0.5, 0.6) is 5.75 Å². The molecule has 4 heteroatoms. The quantitative estimate of drug-likeness (QED) is 0.698. The van der Waals surface area contributed by atoms with E-state index in [1.807, 2.05) is 6.92 Å². The fourth-order valence-electron chi connectivity index (χ4n) is 0.996. The van der Waals surface area contributed by atoms with Crippen LogP contribution in [-0.4, -0.2) is 12.9 Å². The lowest BCUT2D eigenvalue weighted by Gasteiger charge is -2.07. The molecule has 0 spiro atoms. The van der Waals surface area contributed by atoms with Crippen molar-refractivity contribution in [1.82, 2.24) is 0 Å². The molecule has 2 nitrogen and oxygen atoms in total. The number of carbonyl (C=O) groups excluding carboxylic acids is 1. The lowest BCUT2D eigenvalue weighted by molar-refractivity contribution is 0.111. The van der Waals surface area contributed by atoms with E-state index in [1.165, 1.54) is 6.07 Å². The van der Waals surface area contributed by atoms with Crippen molar-refractivity contribution in [3.8, 4) is 5.75 Å². The maximum Gasteiger partial charge on any atom is 0.173 e. The molecule has 0 aliphatic rings. The molecule has 0 amide bonds. The first-order valence-corrected chi connectivity index (χ1v) is 4.26. The summed E-state index contributed by atoms with van der Waals surface area (Å²) in [4.78, 5) is 10.5. The molecule has 0 saturated heterocycles. The number of benzene rings is 1. The maximum atomic E-state index is 13.0. The third-order valence-electron chi connectivity index (χ3n) is 1.67. The minimum absolute atomic E-state index is 0.0840. The highest BCUT2D eigenvalue weighted by Crippen LogP contribution is 2.22. The minimum Gasteiger partial charge on any atom is -0.493 e. The molecule has 0 unspecified atom stereocenters. The van der Waals surface area contributed by atoms with E-state index in [-0.39, 0.29) is 17.6 Å². The van der Waals surface area contributed by atoms with E-state index < -0.39 is 11.6 Å². The van der Waals surface area contributed by atoms with Gasteiger partial charge in [0, 0.05) is 0 Å². The lowest BCUT2D eigenvalue weighted by Crippen LogP contribution is -2.02. The van der Waals surface area contributed by atoms with Crippen molar-refractivity contribution in [2.75, 3.05) is 6.61 Å². The molecule has 1 aromatic carbocycles. The standard InChI is InChI=1S/C10H10F2O2/c1-2-5-14-9-4-3-8(11)10(12)7(9)6-13/h3-4,6H,2,5H2,1H3. The second-order valence-electron chi connectivity index (χ2n) is 2.74. The summed E-state index contributed by atoms with van der Waals surface area (Å²) in [5, 5.41) is 0. The molecule has 1 aromatic rings. The first-order valence-electron chi connectivity index (χ1n) is 4.26. The van der Waals surface area contributed by atoms with Crippen LogP contribution in [0.15, 0.2) is 12.1 Å². The van der Waals surface area contributed by atoms with Gasteiger partial charge in [-0.15, -0.1) is 0 Å². The van der Waals surface area contributed by atoms with Gasteiger partial charge in [0.15, 0.2) is 17.9 Å². The highest BCUT2D eigenvalue weighted by Gasteiger charge is 2.13. The van der Waals surface area contributed by atoms with E-state index in [1.54, 1.807) is 0 Å². The van der Waals surface area contributed by atoms with Crippen molar-refractivity contribution in [2.24, 2.45) is 0 Å². The monoisotopic (exact) mass is 200 g/mol. The van der Waals surface area contributed by atoms with Crippen molar-refractivity contribution in [3.63, 3.8) is 0 Å². The first kappa shape index (κ1) is 10.6. The highest BCUT2D eigenvalue weighted by molar-refractivity contribution is 5.79. The molecule has 0 aliphatic heterocycles. The number of halogens is 2. The van der Waals surface area contributed by atoms with Crippen LogP contribution in [0.1, 0.15) is 23.7 Å². The zero-order chi connectivity index (χ0) is 10.6. The SMILES string of the molecule is CCCOc1ccc(F)c(F)c1C=O. The number of rotatable bonds is 4. The molecular formula is C10H10F2O2. The van der Waals surface area contributed by atoms with E-state index in [9.17, 15) is 13.6 Å². The number of aldehydes is 1. The van der Waals surface area contributed by atoms with Crippen molar-refractivity contribution in [1.29, 1.82) is 0 Å². The molecule has 1 rings (SSSR count). The van der Waals surface area contributed by atoms with Gasteiger partial charge < -0.3 is 4.74 Å². The predicted molar refractivity (Wildman–Crippen MR) is 47.5 cm³/mol. The average Bonchev–Trinajstić information content (AvgIpc) is 2.20. The number of carbonyl (C=O) groups is 1. The molecule has 76 valence electrons. The van der Waals surface area contributed by atoms with Gasteiger partial charge in [-0.3, -0.25) is 4.79 Å². The molecule has 0 fully saturated rings. The van der Waals surface area contributed by atoms with Gasteiger partial charge in [-0.1, -0.05) is 6.92 Å². The summed E-state index contributed by atoms with van der Waals surface area (Å²) < 4.78 is 30.8. The Labute approximate surface area is 80.5 Å². The molecule has 0 radical (unpaired) electrons. The van der Waals surface area contributed by atoms with E-state index in [0.29, 0.717) is 6.61 Å². The Morgan fingerprint density at radius 3 is 2.71 bits per heavy atom. The molecule has 14 heavy (non-hydrogen) atoms. The zero-order valence-electron chi connectivity index (χ0n) is 7.72. The molecule has 0 atom stereocenters. The van der Waals surface area contributed by atoms with Gasteiger partial charge in [-0.05, 0) is 18.6 Å². The van der Waals surface area contributed by atoms with E-state index >= 15 is 0 Å². The van der Waals surface area contributed by atoms with Crippen molar-refractivity contribution in [3.05, 3.63) is 29.3 Å². The molecule has 0 N–H and O–H groups in total. The number of hydrogen-bond acceptors (Lipinski definition) is 2. The van der Waals surface area contributed by atoms with Crippen LogP contribution in [0.2, 0.25) is 0 Å². The first-order chi connectivity index (χ1) is 6.70. The topological polar surface area (TPSA) is 26.3 Å². The molecule has 0 saturated carbocycles. The number of ether oxygens (including phenoxy) is 1. The average molecular weight is 200 g/mol. The Morgan fingerprint density at radius 1 is 1.43 bits per heavy atom. The summed E-state index contributed by atoms with van der Waals surface area (Å²) in [6.45, 7) is 2.24. The van der Waals surface area contributed by atoms with Gasteiger partial charge >= 0.3 is 0 Å². The van der Waals surface area contributed by atoms with Crippen LogP contribution in [0, 0.1) is 11.6 Å². The lowest BCUT2D eigenvalue weighted by atomic mass is 10.2. The van der Waals surface area contributed by atoms with E-state index in [4.69, 9.17) is 4.74 Å². The summed E-state index contributed by atoms with van der Waals surface area (Å²) in [6.07, 6.45) is 0.987. The summed E-state index contributed by atoms with van der Waals surface area (Å²) in [7, 11) is 0. The molecule has 0 aromatic heterocycles. The third-order valence-corrected chi connectivity index (χ3v) is 1.67. The van der Waals surface area contributed by atoms with E-state index in [0.717, 1.165) is 12.5 Å². The second kappa shape index (κ2) is 4.69. The normalized spacial score (nSPS) is 9.93. The Balaban J connectivity index is 3.04. The molecule has 0 aliphatic carbocycles. The van der Waals surface area contributed by atoms with Crippen molar-refractivity contribution in [2.45, 2.75) is 13.3 Å². The van der Waals surface area contributed by atoms with E-state index in [2.05, 4.69) is 0 Å². The predicted octanol–water partition coefficient (Wildman–Crippen LogP) is 2.57. The Morgan fingerprint density at radius 2 is 2.14 bits per heavy atom. The minimum atomic E-state index is -1.16. The summed E-state index contributed by atoms with van der Waals surface area (Å²) in [5.41, 5.74) is -0.363. The Bertz CT molecular complexity index is 337. The Hall–Kier alpha value is -1.45. The van der Waals surface area contributed by atoms with Crippen LogP contribution >= 0.6 is 0 Å². The fraction of sp³-hybridized carbons (Fsp3) is 0.300. The van der Waals surface area contributed by atoms with Gasteiger partial charge in [0.25, 0.3) is 0 Å². The van der Waals surface area contributed by atoms with Gasteiger partial charge in [-0.2, -0.15) is 0 Å². The van der Waals surface area contributed by atoms with Crippen molar-refractivity contribution < 1.29 is 18.3 Å². The molecule has 0 heterocycles. The highest BCUT2D eigenvalue weighted by atomic mass is 19.2. The van der Waals surface area contributed by atoms with Crippen LogP contribution in [-0.2, 0) is 0 Å². The zero-order valence-corrected chi connectivity index (χ0v) is 7.72. The Kier molecular flexibility index (Phi) is 3.56. The summed E-state index contributed by atoms with van der Waals surface area (Å²) >= 11 is 0. The maximum absolute atomic E-state index is 13.0. The van der Waals surface area contributed by atoms with Gasteiger partial charge in [0.05, 0.1) is 12.2 Å². The smallest absolute Gasteiger partial charge is 0.173 e. The van der Waals surface area contributed by atoms with Crippen LogP contribution in [0.3, 0.4) is 0 Å². The van der Waals surface area contributed by atoms with Crippen LogP contribution in [0.25, 0.3) is 0 Å². The second-order valence-corrected chi connectivity index (χ2v) is 2.74. The molecular weight excluding hydrogens is 190 g/mol. The van der Waals surface area contributed by atoms with Crippen molar-refractivity contribution >= 4 is 6.29 Å².